The van der Waals surface area contributed by atoms with Crippen molar-refractivity contribution < 1.29 is 0 Å². The van der Waals surface area contributed by atoms with E-state index in [1.54, 1.807) is 0 Å². The standard InChI is InChI=1S/C8H17N.C3H8/c1-7-4-3-5-8(2,9)6-7;1-3-2/h7H,3-6,9H2,1-2H3;3H2,1-2H3. The topological polar surface area (TPSA) is 26.0 Å². The van der Waals surface area contributed by atoms with Crippen LogP contribution in [0.2, 0.25) is 0 Å². The SMILES string of the molecule is CC1CCCC(C)(N)C1.CCC. The second-order valence-electron chi connectivity index (χ2n) is 4.56. The highest BCUT2D eigenvalue weighted by Crippen LogP contribution is 2.29. The lowest BCUT2D eigenvalue weighted by Gasteiger charge is -2.33. The lowest BCUT2D eigenvalue weighted by molar-refractivity contribution is 0.256. The molecule has 1 nitrogen and oxygen atoms in total. The first-order chi connectivity index (χ1) is 5.52. The van der Waals surface area contributed by atoms with Gasteiger partial charge in [-0.1, -0.05) is 40.0 Å². The monoisotopic (exact) mass is 171 g/mol. The summed E-state index contributed by atoms with van der Waals surface area (Å²) in [6.07, 6.45) is 6.39. The molecule has 1 heteroatoms. The lowest BCUT2D eigenvalue weighted by Crippen LogP contribution is -2.40. The molecule has 0 aromatic heterocycles. The van der Waals surface area contributed by atoms with Crippen LogP contribution in [0.3, 0.4) is 0 Å². The summed E-state index contributed by atoms with van der Waals surface area (Å²) >= 11 is 0. The summed E-state index contributed by atoms with van der Waals surface area (Å²) in [5.41, 5.74) is 6.12. The third-order valence-electron chi connectivity index (χ3n) is 2.26. The van der Waals surface area contributed by atoms with Crippen molar-refractivity contribution in [3.05, 3.63) is 0 Å². The first-order valence-corrected chi connectivity index (χ1v) is 5.30. The fraction of sp³-hybridized carbons (Fsp3) is 1.00. The van der Waals surface area contributed by atoms with Gasteiger partial charge in [-0.2, -0.15) is 0 Å². The van der Waals surface area contributed by atoms with Crippen LogP contribution in [-0.4, -0.2) is 5.54 Å². The van der Waals surface area contributed by atoms with Crippen molar-refractivity contribution in [1.82, 2.24) is 0 Å². The molecule has 74 valence electrons. The molecule has 0 aromatic carbocycles. The van der Waals surface area contributed by atoms with Crippen molar-refractivity contribution in [2.24, 2.45) is 11.7 Å². The zero-order valence-corrected chi connectivity index (χ0v) is 9.19. The first-order valence-electron chi connectivity index (χ1n) is 5.30. The van der Waals surface area contributed by atoms with Crippen molar-refractivity contribution >= 4 is 0 Å². The van der Waals surface area contributed by atoms with Crippen molar-refractivity contribution in [3.8, 4) is 0 Å². The Morgan fingerprint density at radius 1 is 1.42 bits per heavy atom. The molecule has 2 atom stereocenters. The van der Waals surface area contributed by atoms with Crippen LogP contribution in [0, 0.1) is 5.92 Å². The minimum atomic E-state index is 0.150. The molecule has 0 heterocycles. The van der Waals surface area contributed by atoms with Gasteiger partial charge in [-0.05, 0) is 25.7 Å². The predicted octanol–water partition coefficient (Wildman–Crippen LogP) is 3.33. The highest BCUT2D eigenvalue weighted by atomic mass is 14.7. The Balaban J connectivity index is 0.000000354. The maximum Gasteiger partial charge on any atom is 0.0128 e. The maximum atomic E-state index is 5.97. The normalized spacial score (nSPS) is 35.2. The van der Waals surface area contributed by atoms with Gasteiger partial charge in [0.05, 0.1) is 0 Å². The van der Waals surface area contributed by atoms with Gasteiger partial charge >= 0.3 is 0 Å². The molecule has 1 rings (SSSR count). The molecule has 0 bridgehead atoms. The molecule has 1 aliphatic carbocycles. The zero-order chi connectivity index (χ0) is 9.61. The number of hydrogen-bond acceptors (Lipinski definition) is 1. The van der Waals surface area contributed by atoms with Gasteiger partial charge in [0, 0.05) is 5.54 Å². The van der Waals surface area contributed by atoms with E-state index in [2.05, 4.69) is 27.7 Å². The van der Waals surface area contributed by atoms with Crippen LogP contribution in [0.4, 0.5) is 0 Å². The Bertz CT molecular complexity index is 108. The van der Waals surface area contributed by atoms with Gasteiger partial charge in [-0.3, -0.25) is 0 Å². The van der Waals surface area contributed by atoms with Gasteiger partial charge in [-0.25, -0.2) is 0 Å². The summed E-state index contributed by atoms with van der Waals surface area (Å²) < 4.78 is 0. The third-order valence-corrected chi connectivity index (χ3v) is 2.26. The Labute approximate surface area is 77.7 Å². The van der Waals surface area contributed by atoms with Crippen LogP contribution >= 0.6 is 0 Å². The van der Waals surface area contributed by atoms with E-state index in [1.807, 2.05) is 0 Å². The minimum Gasteiger partial charge on any atom is -0.325 e. The van der Waals surface area contributed by atoms with Crippen LogP contribution in [0.15, 0.2) is 0 Å². The van der Waals surface area contributed by atoms with E-state index >= 15 is 0 Å². The van der Waals surface area contributed by atoms with Gasteiger partial charge in [-0.15, -0.1) is 0 Å². The van der Waals surface area contributed by atoms with E-state index in [0.29, 0.717) is 0 Å². The molecule has 2 unspecified atom stereocenters. The fourth-order valence-electron chi connectivity index (χ4n) is 1.85. The van der Waals surface area contributed by atoms with Crippen LogP contribution in [0.25, 0.3) is 0 Å². The molecule has 1 saturated carbocycles. The third kappa shape index (κ3) is 5.59. The van der Waals surface area contributed by atoms with E-state index in [9.17, 15) is 0 Å². The Morgan fingerprint density at radius 3 is 2.17 bits per heavy atom. The Kier molecular flexibility index (Phi) is 5.56. The minimum absolute atomic E-state index is 0.150. The second-order valence-corrected chi connectivity index (χ2v) is 4.56. The number of hydrogen-bond donors (Lipinski definition) is 1. The van der Waals surface area contributed by atoms with E-state index in [-0.39, 0.29) is 5.54 Å². The molecule has 1 aliphatic rings. The molecule has 0 amide bonds. The molecule has 1 fully saturated rings. The Morgan fingerprint density at radius 2 is 1.92 bits per heavy atom. The average molecular weight is 171 g/mol. The molecule has 0 aliphatic heterocycles. The quantitative estimate of drug-likeness (QED) is 0.594. The molecule has 0 radical (unpaired) electrons. The molecular formula is C11H25N. The summed E-state index contributed by atoms with van der Waals surface area (Å²) in [5.74, 6) is 0.855. The van der Waals surface area contributed by atoms with Gasteiger partial charge in [0.2, 0.25) is 0 Å². The molecule has 0 spiro atoms. The fourth-order valence-corrected chi connectivity index (χ4v) is 1.85. The van der Waals surface area contributed by atoms with Crippen molar-refractivity contribution in [2.75, 3.05) is 0 Å². The molecule has 2 N–H and O–H groups in total. The molecule has 0 aromatic rings. The van der Waals surface area contributed by atoms with Gasteiger partial charge in [0.25, 0.3) is 0 Å². The molecule has 0 saturated heterocycles. The smallest absolute Gasteiger partial charge is 0.0128 e. The molecule has 12 heavy (non-hydrogen) atoms. The van der Waals surface area contributed by atoms with Crippen LogP contribution < -0.4 is 5.73 Å². The number of rotatable bonds is 0. The summed E-state index contributed by atoms with van der Waals surface area (Å²) in [5, 5.41) is 0. The van der Waals surface area contributed by atoms with Crippen molar-refractivity contribution in [3.63, 3.8) is 0 Å². The van der Waals surface area contributed by atoms with E-state index in [1.165, 1.54) is 32.1 Å². The van der Waals surface area contributed by atoms with E-state index < -0.39 is 0 Å². The van der Waals surface area contributed by atoms with E-state index in [4.69, 9.17) is 5.73 Å². The van der Waals surface area contributed by atoms with E-state index in [0.717, 1.165) is 5.92 Å². The largest absolute Gasteiger partial charge is 0.325 e. The van der Waals surface area contributed by atoms with Gasteiger partial charge in [0.15, 0.2) is 0 Å². The first kappa shape index (κ1) is 12.0. The van der Waals surface area contributed by atoms with Crippen LogP contribution in [-0.2, 0) is 0 Å². The average Bonchev–Trinajstić information content (AvgIpc) is 1.85. The van der Waals surface area contributed by atoms with Gasteiger partial charge < -0.3 is 5.73 Å². The van der Waals surface area contributed by atoms with Crippen molar-refractivity contribution in [1.29, 1.82) is 0 Å². The number of nitrogens with two attached hydrogens (primary N) is 1. The second kappa shape index (κ2) is 5.58. The molecular weight excluding hydrogens is 146 g/mol. The predicted molar refractivity (Wildman–Crippen MR) is 56.2 cm³/mol. The summed E-state index contributed by atoms with van der Waals surface area (Å²) in [7, 11) is 0. The highest BCUT2D eigenvalue weighted by molar-refractivity contribution is 4.84. The lowest BCUT2D eigenvalue weighted by atomic mass is 9.78. The van der Waals surface area contributed by atoms with Gasteiger partial charge in [0.1, 0.15) is 0 Å². The van der Waals surface area contributed by atoms with Crippen LogP contribution in [0.1, 0.15) is 59.8 Å². The maximum absolute atomic E-state index is 5.97. The van der Waals surface area contributed by atoms with Crippen molar-refractivity contribution in [2.45, 2.75) is 65.3 Å². The highest BCUT2D eigenvalue weighted by Gasteiger charge is 2.25. The summed E-state index contributed by atoms with van der Waals surface area (Å²) in [6.45, 7) is 8.72. The van der Waals surface area contributed by atoms with Crippen LogP contribution in [0.5, 0.6) is 0 Å². The zero-order valence-electron chi connectivity index (χ0n) is 9.19. The Hall–Kier alpha value is -0.0400. The summed E-state index contributed by atoms with van der Waals surface area (Å²) in [4.78, 5) is 0. The summed E-state index contributed by atoms with van der Waals surface area (Å²) in [6, 6.07) is 0.